The van der Waals surface area contributed by atoms with Crippen molar-refractivity contribution in [2.45, 2.75) is 0 Å². The van der Waals surface area contributed by atoms with E-state index in [-0.39, 0.29) is 10.8 Å². The number of aromatic nitrogens is 3. The van der Waals surface area contributed by atoms with Gasteiger partial charge in [0.2, 0.25) is 0 Å². The summed E-state index contributed by atoms with van der Waals surface area (Å²) in [5, 5.41) is 1.73. The number of thiophene rings is 1. The van der Waals surface area contributed by atoms with Crippen LogP contribution in [0.3, 0.4) is 0 Å². The molecule has 0 N–H and O–H groups in total. The van der Waals surface area contributed by atoms with E-state index >= 15 is 0 Å². The van der Waals surface area contributed by atoms with Gasteiger partial charge in [-0.1, -0.05) is 35.9 Å². The maximum Gasteiger partial charge on any atom is 0.335 e. The molecule has 5 aromatic rings. The molecule has 2 aromatic carbocycles. The first kappa shape index (κ1) is 20.4. The molecule has 0 amide bonds. The first-order valence-corrected chi connectivity index (χ1v) is 10.7. The Kier molecular flexibility index (Phi) is 4.83. The van der Waals surface area contributed by atoms with Gasteiger partial charge < -0.3 is 4.74 Å². The molecule has 0 aliphatic heterocycles. The molecule has 9 heteroatoms. The van der Waals surface area contributed by atoms with Gasteiger partial charge in [-0.2, -0.15) is 0 Å². The third kappa shape index (κ3) is 3.03. The number of fused-ring (bicyclic) bond motifs is 2. The van der Waals surface area contributed by atoms with Gasteiger partial charge in [-0.25, -0.2) is 13.8 Å². The number of methoxy groups -OCH3 is 1. The number of benzene rings is 2. The zero-order valence-corrected chi connectivity index (χ0v) is 18.5. The highest BCUT2D eigenvalue weighted by Gasteiger charge is 2.20. The van der Waals surface area contributed by atoms with Crippen LogP contribution in [0.5, 0.6) is 5.75 Å². The maximum absolute atomic E-state index is 14.0. The monoisotopic (exact) mass is 467 g/mol. The number of hydrogen-bond acceptors (Lipinski definition) is 5. The summed E-state index contributed by atoms with van der Waals surface area (Å²) in [4.78, 5) is 31.5. The predicted octanol–water partition coefficient (Wildman–Crippen LogP) is 4.77. The summed E-state index contributed by atoms with van der Waals surface area (Å²) in [5.41, 5.74) is 0.433. The summed E-state index contributed by atoms with van der Waals surface area (Å²) in [5.74, 6) is -0.546. The minimum atomic E-state index is -0.583. The molecule has 3 aromatic heterocycles. The van der Waals surface area contributed by atoms with Gasteiger partial charge in [-0.3, -0.25) is 14.3 Å². The third-order valence-electron chi connectivity index (χ3n) is 5.34. The molecule has 0 fully saturated rings. The van der Waals surface area contributed by atoms with E-state index in [9.17, 15) is 14.0 Å². The first-order valence-electron chi connectivity index (χ1n) is 9.53. The van der Waals surface area contributed by atoms with Crippen molar-refractivity contribution in [1.82, 2.24) is 14.1 Å². The highest BCUT2D eigenvalue weighted by Crippen LogP contribution is 2.38. The fraction of sp³-hybridized carbons (Fsp3) is 0.0870. The number of ether oxygens (including phenoxy) is 1. The van der Waals surface area contributed by atoms with E-state index in [0.717, 1.165) is 15.3 Å². The molecule has 0 spiro atoms. The fourth-order valence-corrected chi connectivity index (χ4v) is 5.18. The van der Waals surface area contributed by atoms with Gasteiger partial charge in [-0.05, 0) is 18.2 Å². The van der Waals surface area contributed by atoms with Crippen molar-refractivity contribution in [3.63, 3.8) is 0 Å². The molecule has 0 saturated heterocycles. The second-order valence-electron chi connectivity index (χ2n) is 7.15. The van der Waals surface area contributed by atoms with Gasteiger partial charge in [0.05, 0.1) is 29.5 Å². The zero-order valence-electron chi connectivity index (χ0n) is 16.9. The zero-order chi connectivity index (χ0) is 22.6. The molecule has 160 valence electrons. The fourth-order valence-electron chi connectivity index (χ4n) is 3.72. The van der Waals surface area contributed by atoms with Crippen LogP contribution in [0.1, 0.15) is 0 Å². The number of hydrogen-bond donors (Lipinski definition) is 0. The Morgan fingerprint density at radius 2 is 1.91 bits per heavy atom. The van der Waals surface area contributed by atoms with Crippen LogP contribution in [0.25, 0.3) is 37.1 Å². The van der Waals surface area contributed by atoms with Crippen molar-refractivity contribution in [1.29, 1.82) is 0 Å². The molecule has 0 bridgehead atoms. The van der Waals surface area contributed by atoms with E-state index in [1.807, 2.05) is 24.3 Å². The summed E-state index contributed by atoms with van der Waals surface area (Å²) in [6.07, 6.45) is 3.19. The molecule has 0 aliphatic carbocycles. The Morgan fingerprint density at radius 3 is 2.69 bits per heavy atom. The lowest BCUT2D eigenvalue weighted by molar-refractivity contribution is 0.387. The predicted molar refractivity (Wildman–Crippen MR) is 125 cm³/mol. The van der Waals surface area contributed by atoms with E-state index < -0.39 is 17.1 Å². The second kappa shape index (κ2) is 7.58. The van der Waals surface area contributed by atoms with Gasteiger partial charge >= 0.3 is 5.69 Å². The molecule has 0 atom stereocenters. The number of nitrogens with zero attached hydrogens (tertiary/aromatic N) is 3. The van der Waals surface area contributed by atoms with Crippen LogP contribution in [-0.4, -0.2) is 21.2 Å². The lowest BCUT2D eigenvalue weighted by atomic mass is 10.1. The Bertz CT molecular complexity index is 1650. The Hall–Kier alpha value is -3.49. The molecule has 3 heterocycles. The molecule has 0 saturated carbocycles. The smallest absolute Gasteiger partial charge is 0.335 e. The van der Waals surface area contributed by atoms with E-state index in [1.54, 1.807) is 19.3 Å². The van der Waals surface area contributed by atoms with Gasteiger partial charge in [0.25, 0.3) is 5.56 Å². The lowest BCUT2D eigenvalue weighted by Crippen LogP contribution is -2.37. The standard InChI is InChI=1S/C23H15ClFN3O3S/c1-27-17-9-20(14-7-19(31-2)16(25)8-15(14)24)32-21(17)22(29)28(23(27)30)18-11-26-10-12-5-3-4-6-13(12)18/h3-11H,1-2H3. The van der Waals surface area contributed by atoms with Crippen LogP contribution < -0.4 is 16.0 Å². The van der Waals surface area contributed by atoms with Gasteiger partial charge in [0.1, 0.15) is 4.70 Å². The molecule has 0 aliphatic rings. The summed E-state index contributed by atoms with van der Waals surface area (Å²) in [6.45, 7) is 0. The number of halogens is 2. The molecule has 0 radical (unpaired) electrons. The van der Waals surface area contributed by atoms with Crippen LogP contribution in [0.2, 0.25) is 5.02 Å². The van der Waals surface area contributed by atoms with E-state index in [0.29, 0.717) is 26.3 Å². The van der Waals surface area contributed by atoms with Crippen molar-refractivity contribution >= 4 is 43.9 Å². The Morgan fingerprint density at radius 1 is 1.12 bits per heavy atom. The Balaban J connectivity index is 1.82. The lowest BCUT2D eigenvalue weighted by Gasteiger charge is -2.10. The molecule has 5 rings (SSSR count). The second-order valence-corrected chi connectivity index (χ2v) is 8.61. The highest BCUT2D eigenvalue weighted by molar-refractivity contribution is 7.22. The average Bonchev–Trinajstić information content (AvgIpc) is 3.24. The van der Waals surface area contributed by atoms with Crippen molar-refractivity contribution in [2.24, 2.45) is 7.05 Å². The number of rotatable bonds is 3. The Labute approximate surface area is 189 Å². The SMILES string of the molecule is COc1cc(-c2cc3c(s2)c(=O)n(-c2cncc4ccccc24)c(=O)n3C)c(Cl)cc1F. The average molecular weight is 468 g/mol. The van der Waals surface area contributed by atoms with E-state index in [1.165, 1.54) is 41.3 Å². The normalized spacial score (nSPS) is 11.4. The summed E-state index contributed by atoms with van der Waals surface area (Å²) >= 11 is 7.45. The van der Waals surface area contributed by atoms with Crippen molar-refractivity contribution in [3.8, 4) is 21.9 Å². The van der Waals surface area contributed by atoms with Crippen LogP contribution in [0.15, 0.2) is 64.4 Å². The molecule has 32 heavy (non-hydrogen) atoms. The summed E-state index contributed by atoms with van der Waals surface area (Å²) in [6, 6.07) is 11.8. The van der Waals surface area contributed by atoms with Gasteiger partial charge in [-0.15, -0.1) is 11.3 Å². The minimum absolute atomic E-state index is 0.0370. The van der Waals surface area contributed by atoms with E-state index in [4.69, 9.17) is 16.3 Å². The minimum Gasteiger partial charge on any atom is -0.494 e. The van der Waals surface area contributed by atoms with Crippen LogP contribution >= 0.6 is 22.9 Å². The molecular formula is C23H15ClFN3O3S. The van der Waals surface area contributed by atoms with Crippen molar-refractivity contribution < 1.29 is 9.13 Å². The van der Waals surface area contributed by atoms with Gasteiger partial charge in [0.15, 0.2) is 11.6 Å². The maximum atomic E-state index is 14.0. The number of pyridine rings is 1. The van der Waals surface area contributed by atoms with Crippen LogP contribution in [0.4, 0.5) is 4.39 Å². The first-order chi connectivity index (χ1) is 15.4. The largest absolute Gasteiger partial charge is 0.494 e. The molecule has 6 nitrogen and oxygen atoms in total. The summed E-state index contributed by atoms with van der Waals surface area (Å²) in [7, 11) is 2.96. The number of aryl methyl sites for hydroxylation is 1. The van der Waals surface area contributed by atoms with Crippen molar-refractivity contribution in [3.05, 3.63) is 86.5 Å². The highest BCUT2D eigenvalue weighted by atomic mass is 35.5. The van der Waals surface area contributed by atoms with Crippen LogP contribution in [-0.2, 0) is 7.05 Å². The topological polar surface area (TPSA) is 66.1 Å². The van der Waals surface area contributed by atoms with E-state index in [2.05, 4.69) is 4.98 Å². The van der Waals surface area contributed by atoms with Crippen LogP contribution in [0, 0.1) is 5.82 Å². The third-order valence-corrected chi connectivity index (χ3v) is 6.80. The van der Waals surface area contributed by atoms with Crippen molar-refractivity contribution in [2.75, 3.05) is 7.11 Å². The molecular weight excluding hydrogens is 453 g/mol. The quantitative estimate of drug-likeness (QED) is 0.383. The molecule has 0 unspecified atom stereocenters. The van der Waals surface area contributed by atoms with Gasteiger partial charge in [0, 0.05) is 34.5 Å². The summed E-state index contributed by atoms with van der Waals surface area (Å²) < 4.78 is 22.0.